The van der Waals surface area contributed by atoms with E-state index in [1.54, 1.807) is 36.0 Å². The molecule has 1 amide bonds. The van der Waals surface area contributed by atoms with Crippen molar-refractivity contribution in [1.29, 1.82) is 0 Å². The van der Waals surface area contributed by atoms with Crippen molar-refractivity contribution in [3.05, 3.63) is 22.6 Å². The third-order valence-electron chi connectivity index (χ3n) is 5.08. The minimum Gasteiger partial charge on any atom is -0.392 e. The predicted octanol–water partition coefficient (Wildman–Crippen LogP) is 1.67. The fraction of sp³-hybridized carbons (Fsp3) is 0.579. The van der Waals surface area contributed by atoms with Crippen molar-refractivity contribution >= 4 is 33.1 Å². The van der Waals surface area contributed by atoms with Gasteiger partial charge in [-0.3, -0.25) is 4.79 Å². The fourth-order valence-electron chi connectivity index (χ4n) is 3.86. The minimum atomic E-state index is -0.710. The maximum absolute atomic E-state index is 12.9. The Bertz CT molecular complexity index is 1020. The van der Waals surface area contributed by atoms with Gasteiger partial charge in [-0.2, -0.15) is 0 Å². The lowest BCUT2D eigenvalue weighted by Gasteiger charge is -2.23. The van der Waals surface area contributed by atoms with Gasteiger partial charge in [0.05, 0.1) is 17.6 Å². The molecular formula is C19H25N5O3S. The van der Waals surface area contributed by atoms with Crippen LogP contribution in [0.5, 0.6) is 0 Å². The lowest BCUT2D eigenvalue weighted by Crippen LogP contribution is -2.41. The molecule has 0 spiro atoms. The van der Waals surface area contributed by atoms with Crippen molar-refractivity contribution in [3.63, 3.8) is 0 Å². The maximum Gasteiger partial charge on any atom is 0.293 e. The number of aryl methyl sites for hydroxylation is 1. The summed E-state index contributed by atoms with van der Waals surface area (Å²) < 4.78 is 1.56. The zero-order valence-electron chi connectivity index (χ0n) is 16.3. The molecule has 0 radical (unpaired) electrons. The second-order valence-corrected chi connectivity index (χ2v) is 8.97. The molecule has 1 aliphatic rings. The SMILES string of the molecule is C[C@@H]1CCc2sc3ncn4nc(C(=O)N(C[C@H](C)O)C[C@H](C)O)nc4c3c2C1. The van der Waals surface area contributed by atoms with Crippen molar-refractivity contribution in [2.75, 3.05) is 13.1 Å². The summed E-state index contributed by atoms with van der Waals surface area (Å²) in [4.78, 5) is 25.7. The standard InChI is InChI=1S/C19H25N5O3S/c1-10-4-5-14-13(6-10)15-17-21-16(22-24(17)9-20-18(15)28-14)19(27)23(7-11(2)25)8-12(3)26/h9-12,25-26H,4-8H2,1-3H3/t10-,11+,12+/m1/s1. The number of amides is 1. The van der Waals surface area contributed by atoms with Gasteiger partial charge in [0, 0.05) is 18.0 Å². The van der Waals surface area contributed by atoms with Crippen LogP contribution >= 0.6 is 11.3 Å². The second kappa shape index (κ2) is 7.38. The molecule has 0 fully saturated rings. The molecule has 4 rings (SSSR count). The molecule has 1 aliphatic carbocycles. The van der Waals surface area contributed by atoms with E-state index >= 15 is 0 Å². The molecule has 0 bridgehead atoms. The van der Waals surface area contributed by atoms with E-state index < -0.39 is 18.1 Å². The Labute approximate surface area is 166 Å². The summed E-state index contributed by atoms with van der Waals surface area (Å²) in [6.45, 7) is 5.68. The first kappa shape index (κ1) is 19.2. The largest absolute Gasteiger partial charge is 0.392 e. The number of nitrogens with zero attached hydrogens (tertiary/aromatic N) is 5. The number of thiophene rings is 1. The normalized spacial score (nSPS) is 19.0. The average molecular weight is 404 g/mol. The number of aromatic nitrogens is 4. The topological polar surface area (TPSA) is 104 Å². The Kier molecular flexibility index (Phi) is 5.07. The zero-order chi connectivity index (χ0) is 20.0. The maximum atomic E-state index is 12.9. The number of fused-ring (bicyclic) bond motifs is 5. The number of carbonyl (C=O) groups is 1. The van der Waals surface area contributed by atoms with Crippen LogP contribution in [-0.4, -0.2) is 65.9 Å². The van der Waals surface area contributed by atoms with Crippen molar-refractivity contribution in [1.82, 2.24) is 24.5 Å². The van der Waals surface area contributed by atoms with Gasteiger partial charge in [-0.25, -0.2) is 14.5 Å². The molecule has 3 atom stereocenters. The first-order valence-corrected chi connectivity index (χ1v) is 10.5. The number of hydrogen-bond acceptors (Lipinski definition) is 7. The van der Waals surface area contributed by atoms with Crippen LogP contribution in [0.2, 0.25) is 0 Å². The smallest absolute Gasteiger partial charge is 0.293 e. The molecule has 9 heteroatoms. The van der Waals surface area contributed by atoms with Gasteiger partial charge in [-0.15, -0.1) is 16.4 Å². The van der Waals surface area contributed by atoms with Gasteiger partial charge < -0.3 is 15.1 Å². The Morgan fingerprint density at radius 3 is 2.75 bits per heavy atom. The Hall–Kier alpha value is -2.10. The molecule has 0 aliphatic heterocycles. The summed E-state index contributed by atoms with van der Waals surface area (Å²) in [7, 11) is 0. The molecular weight excluding hydrogens is 378 g/mol. The van der Waals surface area contributed by atoms with E-state index in [2.05, 4.69) is 22.0 Å². The first-order chi connectivity index (χ1) is 13.3. The van der Waals surface area contributed by atoms with E-state index in [4.69, 9.17) is 0 Å². The number of rotatable bonds is 5. The second-order valence-electron chi connectivity index (χ2n) is 7.89. The van der Waals surface area contributed by atoms with E-state index in [-0.39, 0.29) is 18.9 Å². The molecule has 150 valence electrons. The van der Waals surface area contributed by atoms with Gasteiger partial charge in [0.25, 0.3) is 5.91 Å². The van der Waals surface area contributed by atoms with Gasteiger partial charge in [0.15, 0.2) is 5.65 Å². The molecule has 3 aromatic heterocycles. The Morgan fingerprint density at radius 1 is 1.36 bits per heavy atom. The summed E-state index contributed by atoms with van der Waals surface area (Å²) in [6, 6.07) is 0. The summed E-state index contributed by atoms with van der Waals surface area (Å²) >= 11 is 1.70. The van der Waals surface area contributed by atoms with Gasteiger partial charge >= 0.3 is 0 Å². The van der Waals surface area contributed by atoms with Crippen molar-refractivity contribution in [2.45, 2.75) is 52.2 Å². The van der Waals surface area contributed by atoms with Crippen molar-refractivity contribution < 1.29 is 15.0 Å². The Morgan fingerprint density at radius 2 is 2.07 bits per heavy atom. The number of hydrogen-bond donors (Lipinski definition) is 2. The van der Waals surface area contributed by atoms with Crippen LogP contribution in [0.3, 0.4) is 0 Å². The molecule has 2 N–H and O–H groups in total. The molecule has 28 heavy (non-hydrogen) atoms. The molecule has 0 saturated carbocycles. The monoisotopic (exact) mass is 403 g/mol. The van der Waals surface area contributed by atoms with Gasteiger partial charge in [-0.05, 0) is 44.6 Å². The van der Waals surface area contributed by atoms with E-state index in [0.29, 0.717) is 11.6 Å². The summed E-state index contributed by atoms with van der Waals surface area (Å²) in [5, 5.41) is 24.8. The van der Waals surface area contributed by atoms with Crippen molar-refractivity contribution in [2.24, 2.45) is 5.92 Å². The average Bonchev–Trinajstić information content (AvgIpc) is 3.20. The van der Waals surface area contributed by atoms with Gasteiger partial charge in [-0.1, -0.05) is 6.92 Å². The molecule has 0 saturated heterocycles. The third kappa shape index (κ3) is 3.49. The van der Waals surface area contributed by atoms with Crippen LogP contribution in [0, 0.1) is 5.92 Å². The highest BCUT2D eigenvalue weighted by Crippen LogP contribution is 2.38. The molecule has 8 nitrogen and oxygen atoms in total. The highest BCUT2D eigenvalue weighted by Gasteiger charge is 2.27. The minimum absolute atomic E-state index is 0.0550. The molecule has 0 aromatic carbocycles. The van der Waals surface area contributed by atoms with Crippen LogP contribution in [0.1, 0.15) is 48.3 Å². The Balaban J connectivity index is 1.77. The number of aliphatic hydroxyl groups is 2. The van der Waals surface area contributed by atoms with Crippen LogP contribution in [0.4, 0.5) is 0 Å². The predicted molar refractivity (Wildman–Crippen MR) is 107 cm³/mol. The van der Waals surface area contributed by atoms with Gasteiger partial charge in [0.2, 0.25) is 5.82 Å². The van der Waals surface area contributed by atoms with Crippen molar-refractivity contribution in [3.8, 4) is 0 Å². The highest BCUT2D eigenvalue weighted by atomic mass is 32.1. The van der Waals surface area contributed by atoms with Crippen LogP contribution < -0.4 is 0 Å². The molecule has 3 aromatic rings. The van der Waals surface area contributed by atoms with Crippen LogP contribution in [0.15, 0.2) is 6.33 Å². The summed E-state index contributed by atoms with van der Waals surface area (Å²) in [5.74, 6) is 0.262. The lowest BCUT2D eigenvalue weighted by atomic mass is 9.89. The number of aliphatic hydroxyl groups excluding tert-OH is 2. The molecule has 3 heterocycles. The highest BCUT2D eigenvalue weighted by molar-refractivity contribution is 7.19. The summed E-state index contributed by atoms with van der Waals surface area (Å²) in [5.41, 5.74) is 1.93. The van der Waals surface area contributed by atoms with Gasteiger partial charge in [0.1, 0.15) is 11.2 Å². The fourth-order valence-corrected chi connectivity index (χ4v) is 5.04. The quantitative estimate of drug-likeness (QED) is 0.672. The number of carbonyl (C=O) groups excluding carboxylic acids is 1. The lowest BCUT2D eigenvalue weighted by molar-refractivity contribution is 0.0507. The van der Waals surface area contributed by atoms with E-state index in [9.17, 15) is 15.0 Å². The first-order valence-electron chi connectivity index (χ1n) is 9.64. The third-order valence-corrected chi connectivity index (χ3v) is 6.28. The van der Waals surface area contributed by atoms with Crippen LogP contribution in [0.25, 0.3) is 15.9 Å². The summed E-state index contributed by atoms with van der Waals surface area (Å²) in [6.07, 6.45) is 3.40. The van der Waals surface area contributed by atoms with E-state index in [1.807, 2.05) is 0 Å². The van der Waals surface area contributed by atoms with E-state index in [0.717, 1.165) is 23.1 Å². The molecule has 0 unspecified atom stereocenters. The zero-order valence-corrected chi connectivity index (χ0v) is 17.1. The van der Waals surface area contributed by atoms with Crippen LogP contribution in [-0.2, 0) is 12.8 Å². The van der Waals surface area contributed by atoms with E-state index in [1.165, 1.54) is 21.8 Å².